The second-order valence-electron chi connectivity index (χ2n) is 5.78. The third kappa shape index (κ3) is 3.64. The maximum Gasteiger partial charge on any atom is 0.401 e. The first-order valence-electron chi connectivity index (χ1n) is 7.35. The van der Waals surface area contributed by atoms with Crippen LogP contribution in [0.1, 0.15) is 16.1 Å². The zero-order valence-electron chi connectivity index (χ0n) is 12.7. The minimum Gasteiger partial charge on any atom is -0.335 e. The average molecular weight is 326 g/mol. The Morgan fingerprint density at radius 1 is 1.26 bits per heavy atom. The zero-order valence-corrected chi connectivity index (χ0v) is 12.7. The summed E-state index contributed by atoms with van der Waals surface area (Å²) < 4.78 is 38.9. The van der Waals surface area contributed by atoms with Crippen LogP contribution in [0.15, 0.2) is 24.5 Å². The van der Waals surface area contributed by atoms with Gasteiger partial charge in [0.1, 0.15) is 11.3 Å². The number of fused-ring (bicyclic) bond motifs is 1. The molecule has 0 unspecified atom stereocenters. The van der Waals surface area contributed by atoms with Gasteiger partial charge in [-0.05, 0) is 24.6 Å². The van der Waals surface area contributed by atoms with Crippen LogP contribution < -0.4 is 0 Å². The Hall–Kier alpha value is -2.09. The van der Waals surface area contributed by atoms with E-state index < -0.39 is 12.7 Å². The molecule has 1 fully saturated rings. The quantitative estimate of drug-likeness (QED) is 0.847. The van der Waals surface area contributed by atoms with Crippen molar-refractivity contribution in [1.82, 2.24) is 19.2 Å². The molecule has 0 atom stereocenters. The molecule has 23 heavy (non-hydrogen) atoms. The Bertz CT molecular complexity index is 717. The van der Waals surface area contributed by atoms with Gasteiger partial charge in [-0.1, -0.05) is 0 Å². The molecular formula is C15H17F3N4O. The summed E-state index contributed by atoms with van der Waals surface area (Å²) in [4.78, 5) is 19.6. The number of amides is 1. The predicted molar refractivity (Wildman–Crippen MR) is 78.3 cm³/mol. The summed E-state index contributed by atoms with van der Waals surface area (Å²) >= 11 is 0. The number of pyridine rings is 1. The monoisotopic (exact) mass is 326 g/mol. The number of aryl methyl sites for hydroxylation is 1. The number of aromatic nitrogens is 2. The lowest BCUT2D eigenvalue weighted by molar-refractivity contribution is -0.148. The van der Waals surface area contributed by atoms with Crippen LogP contribution in [0.2, 0.25) is 0 Å². The fourth-order valence-corrected chi connectivity index (χ4v) is 2.71. The number of hydrogen-bond donors (Lipinski definition) is 0. The number of halogens is 3. The first-order valence-corrected chi connectivity index (χ1v) is 7.35. The SMILES string of the molecule is Cc1ccn2cc(C(=O)N3CCN(CC(F)(F)F)CC3)nc2c1. The van der Waals surface area contributed by atoms with Gasteiger partial charge in [-0.2, -0.15) is 13.2 Å². The van der Waals surface area contributed by atoms with Crippen molar-refractivity contribution in [2.24, 2.45) is 0 Å². The molecule has 0 aromatic carbocycles. The summed E-state index contributed by atoms with van der Waals surface area (Å²) in [6.45, 7) is 2.01. The van der Waals surface area contributed by atoms with Crippen molar-refractivity contribution < 1.29 is 18.0 Å². The number of rotatable bonds is 2. The number of alkyl halides is 3. The van der Waals surface area contributed by atoms with Crippen LogP contribution in [0.5, 0.6) is 0 Å². The second kappa shape index (κ2) is 5.84. The number of imidazole rings is 1. The molecule has 2 aromatic heterocycles. The van der Waals surface area contributed by atoms with Crippen molar-refractivity contribution in [1.29, 1.82) is 0 Å². The van der Waals surface area contributed by atoms with E-state index in [0.717, 1.165) is 5.56 Å². The maximum absolute atomic E-state index is 12.5. The molecule has 0 radical (unpaired) electrons. The van der Waals surface area contributed by atoms with Gasteiger partial charge in [-0.15, -0.1) is 0 Å². The molecule has 124 valence electrons. The highest BCUT2D eigenvalue weighted by Gasteiger charge is 2.33. The molecule has 1 saturated heterocycles. The third-order valence-corrected chi connectivity index (χ3v) is 3.90. The molecule has 0 N–H and O–H groups in total. The second-order valence-corrected chi connectivity index (χ2v) is 5.78. The van der Waals surface area contributed by atoms with E-state index in [1.54, 1.807) is 15.5 Å². The highest BCUT2D eigenvalue weighted by atomic mass is 19.4. The predicted octanol–water partition coefficient (Wildman–Crippen LogP) is 1.96. The normalized spacial score (nSPS) is 17.0. The zero-order chi connectivity index (χ0) is 16.6. The third-order valence-electron chi connectivity index (χ3n) is 3.90. The maximum atomic E-state index is 12.5. The molecular weight excluding hydrogens is 309 g/mol. The molecule has 1 aliphatic rings. The largest absolute Gasteiger partial charge is 0.401 e. The summed E-state index contributed by atoms with van der Waals surface area (Å²) in [6.07, 6.45) is -0.722. The van der Waals surface area contributed by atoms with Crippen LogP contribution in [-0.4, -0.2) is 64.0 Å². The van der Waals surface area contributed by atoms with Gasteiger partial charge in [0.15, 0.2) is 0 Å². The molecule has 2 aromatic rings. The fourth-order valence-electron chi connectivity index (χ4n) is 2.71. The van der Waals surface area contributed by atoms with Gasteiger partial charge < -0.3 is 9.30 Å². The number of nitrogens with zero attached hydrogens (tertiary/aromatic N) is 4. The molecule has 1 amide bonds. The smallest absolute Gasteiger partial charge is 0.335 e. The van der Waals surface area contributed by atoms with Crippen LogP contribution in [0, 0.1) is 6.92 Å². The molecule has 1 aliphatic heterocycles. The summed E-state index contributed by atoms with van der Waals surface area (Å²) in [7, 11) is 0. The summed E-state index contributed by atoms with van der Waals surface area (Å²) in [5, 5.41) is 0. The van der Waals surface area contributed by atoms with Crippen molar-refractivity contribution in [3.05, 3.63) is 35.8 Å². The van der Waals surface area contributed by atoms with Gasteiger partial charge in [-0.3, -0.25) is 9.69 Å². The first kappa shape index (κ1) is 15.8. The summed E-state index contributed by atoms with van der Waals surface area (Å²) in [5.74, 6) is -0.238. The van der Waals surface area contributed by atoms with Crippen molar-refractivity contribution in [2.75, 3.05) is 32.7 Å². The summed E-state index contributed by atoms with van der Waals surface area (Å²) in [6, 6.07) is 3.79. The lowest BCUT2D eigenvalue weighted by atomic mass is 10.3. The number of hydrogen-bond acceptors (Lipinski definition) is 3. The van der Waals surface area contributed by atoms with Crippen molar-refractivity contribution in [2.45, 2.75) is 13.1 Å². The molecule has 5 nitrogen and oxygen atoms in total. The number of carbonyl (C=O) groups is 1. The van der Waals surface area contributed by atoms with Gasteiger partial charge >= 0.3 is 6.18 Å². The summed E-state index contributed by atoms with van der Waals surface area (Å²) in [5.41, 5.74) is 2.05. The van der Waals surface area contributed by atoms with Crippen LogP contribution >= 0.6 is 0 Å². The lowest BCUT2D eigenvalue weighted by Gasteiger charge is -2.34. The Morgan fingerprint density at radius 3 is 2.61 bits per heavy atom. The van der Waals surface area contributed by atoms with E-state index >= 15 is 0 Å². The van der Waals surface area contributed by atoms with E-state index in [1.807, 2.05) is 25.3 Å². The van der Waals surface area contributed by atoms with E-state index in [1.165, 1.54) is 4.90 Å². The van der Waals surface area contributed by atoms with E-state index in [9.17, 15) is 18.0 Å². The first-order chi connectivity index (χ1) is 10.8. The molecule has 0 aliphatic carbocycles. The van der Waals surface area contributed by atoms with Gasteiger partial charge in [0.05, 0.1) is 6.54 Å². The Kier molecular flexibility index (Phi) is 4.01. The number of piperazine rings is 1. The molecule has 0 saturated carbocycles. The minimum atomic E-state index is -4.20. The fraction of sp³-hybridized carbons (Fsp3) is 0.467. The molecule has 0 spiro atoms. The van der Waals surface area contributed by atoms with Gasteiger partial charge in [-0.25, -0.2) is 4.98 Å². The van der Waals surface area contributed by atoms with E-state index in [4.69, 9.17) is 0 Å². The average Bonchev–Trinajstić information content (AvgIpc) is 2.88. The van der Waals surface area contributed by atoms with Crippen molar-refractivity contribution in [3.63, 3.8) is 0 Å². The Labute approximate surface area is 131 Å². The van der Waals surface area contributed by atoms with Crippen LogP contribution in [0.3, 0.4) is 0 Å². The van der Waals surface area contributed by atoms with Crippen molar-refractivity contribution in [3.8, 4) is 0 Å². The highest BCUT2D eigenvalue weighted by Crippen LogP contribution is 2.18. The molecule has 3 heterocycles. The number of carbonyl (C=O) groups excluding carboxylic acids is 1. The minimum absolute atomic E-state index is 0.220. The van der Waals surface area contributed by atoms with Crippen molar-refractivity contribution >= 4 is 11.6 Å². The molecule has 3 rings (SSSR count). The van der Waals surface area contributed by atoms with E-state index in [0.29, 0.717) is 11.3 Å². The van der Waals surface area contributed by atoms with Gasteiger partial charge in [0.2, 0.25) is 0 Å². The highest BCUT2D eigenvalue weighted by molar-refractivity contribution is 5.93. The standard InChI is InChI=1S/C15H17F3N4O/c1-11-2-3-22-9-12(19-13(22)8-11)14(23)21-6-4-20(5-7-21)10-15(16,17)18/h2-3,8-9H,4-7,10H2,1H3. The van der Waals surface area contributed by atoms with Gasteiger partial charge in [0, 0.05) is 38.6 Å². The Balaban J connectivity index is 1.66. The van der Waals surface area contributed by atoms with E-state index in [-0.39, 0.29) is 32.1 Å². The topological polar surface area (TPSA) is 40.9 Å². The Morgan fingerprint density at radius 2 is 1.96 bits per heavy atom. The van der Waals surface area contributed by atoms with Crippen LogP contribution in [0.25, 0.3) is 5.65 Å². The van der Waals surface area contributed by atoms with Gasteiger partial charge in [0.25, 0.3) is 5.91 Å². The van der Waals surface area contributed by atoms with Crippen LogP contribution in [-0.2, 0) is 0 Å². The van der Waals surface area contributed by atoms with E-state index in [2.05, 4.69) is 4.98 Å². The molecule has 8 heteroatoms. The lowest BCUT2D eigenvalue weighted by Crippen LogP contribution is -2.51. The molecule has 0 bridgehead atoms. The van der Waals surface area contributed by atoms with Crippen LogP contribution in [0.4, 0.5) is 13.2 Å².